The summed E-state index contributed by atoms with van der Waals surface area (Å²) in [5.74, 6) is -0.399. The molecule has 3 rings (SSSR count). The van der Waals surface area contributed by atoms with Crippen molar-refractivity contribution < 1.29 is 23.4 Å². The maximum atomic E-state index is 13.2. The van der Waals surface area contributed by atoms with Crippen LogP contribution < -0.4 is 11.1 Å². The minimum Gasteiger partial charge on any atom is -0.402 e. The average Bonchev–Trinajstić information content (AvgIpc) is 2.68. The molecular weight excluding hydrogens is 369 g/mol. The fourth-order valence-electron chi connectivity index (χ4n) is 3.18. The van der Waals surface area contributed by atoms with Crippen molar-refractivity contribution in [1.82, 2.24) is 9.88 Å². The summed E-state index contributed by atoms with van der Waals surface area (Å²) in [6.07, 6.45) is -1.24. The van der Waals surface area contributed by atoms with E-state index in [1.807, 2.05) is 0 Å². The van der Waals surface area contributed by atoms with Gasteiger partial charge in [0, 0.05) is 36.6 Å². The normalized spacial score (nSPS) is 14.9. The second kappa shape index (κ2) is 7.84. The lowest BCUT2D eigenvalue weighted by atomic mass is 9.96. The van der Waals surface area contributed by atoms with E-state index in [0.717, 1.165) is 11.6 Å². The average molecular weight is 389 g/mol. The molecule has 0 atom stereocenters. The molecule has 0 radical (unpaired) electrons. The van der Waals surface area contributed by atoms with Gasteiger partial charge in [-0.2, -0.15) is 13.2 Å². The summed E-state index contributed by atoms with van der Waals surface area (Å²) in [7, 11) is 0. The Morgan fingerprint density at radius 3 is 2.54 bits per heavy atom. The van der Waals surface area contributed by atoms with E-state index < -0.39 is 17.6 Å². The highest BCUT2D eigenvalue weighted by Gasteiger charge is 2.34. The minimum absolute atomic E-state index is 0.0461. The third-order valence-corrected chi connectivity index (χ3v) is 4.72. The third kappa shape index (κ3) is 4.21. The number of aromatic nitrogens is 1. The van der Waals surface area contributed by atoms with Crippen molar-refractivity contribution in [2.24, 2.45) is 5.73 Å². The van der Waals surface area contributed by atoms with Crippen LogP contribution in [0.3, 0.4) is 0 Å². The Kier molecular flexibility index (Phi) is 5.48. The van der Waals surface area contributed by atoms with Gasteiger partial charge in [0.1, 0.15) is 0 Å². The van der Waals surface area contributed by atoms with Crippen LogP contribution in [0, 0.1) is 0 Å². The molecule has 0 spiro atoms. The Bertz CT molecular complexity index is 923. The number of nitrogens with two attached hydrogens (primary N) is 2. The molecule has 2 aromatic rings. The van der Waals surface area contributed by atoms with E-state index in [1.165, 1.54) is 23.1 Å². The number of rotatable bonds is 4. The summed E-state index contributed by atoms with van der Waals surface area (Å²) in [4.78, 5) is 18.1. The summed E-state index contributed by atoms with van der Waals surface area (Å²) >= 11 is 0. The number of halogens is 3. The summed E-state index contributed by atoms with van der Waals surface area (Å²) < 4.78 is 39.5. The van der Waals surface area contributed by atoms with Crippen molar-refractivity contribution in [1.29, 1.82) is 0 Å². The summed E-state index contributed by atoms with van der Waals surface area (Å²) in [6, 6.07) is 8.58. The first-order valence-electron chi connectivity index (χ1n) is 8.71. The van der Waals surface area contributed by atoms with Crippen LogP contribution in [-0.4, -0.2) is 34.6 Å². The number of carbonyl (C=O) groups excluding carboxylic acids is 1. The van der Waals surface area contributed by atoms with Gasteiger partial charge in [-0.1, -0.05) is 18.2 Å². The van der Waals surface area contributed by atoms with Crippen molar-refractivity contribution in [2.45, 2.75) is 19.0 Å². The van der Waals surface area contributed by atoms with Crippen LogP contribution in [0.2, 0.25) is 0 Å². The molecule has 0 aliphatic carbocycles. The van der Waals surface area contributed by atoms with Gasteiger partial charge in [0.2, 0.25) is 11.6 Å². The summed E-state index contributed by atoms with van der Waals surface area (Å²) in [5.41, 5.74) is 7.61. The summed E-state index contributed by atoms with van der Waals surface area (Å²) in [5, 5.41) is 6.22. The predicted molar refractivity (Wildman–Crippen MR) is 97.8 cm³/mol. The second-order valence-corrected chi connectivity index (χ2v) is 6.55. The van der Waals surface area contributed by atoms with E-state index in [0.29, 0.717) is 29.9 Å². The first-order chi connectivity index (χ1) is 13.3. The van der Waals surface area contributed by atoms with Crippen LogP contribution in [-0.2, 0) is 17.4 Å². The minimum atomic E-state index is -4.51. The number of carbonyl (C=O) groups is 1. The smallest absolute Gasteiger partial charge is 0.402 e. The Balaban J connectivity index is 1.77. The zero-order valence-corrected chi connectivity index (χ0v) is 15.0. The van der Waals surface area contributed by atoms with Crippen LogP contribution in [0.4, 0.5) is 13.2 Å². The van der Waals surface area contributed by atoms with Crippen molar-refractivity contribution in [3.63, 3.8) is 0 Å². The number of hydrogen-bond acceptors (Lipinski definition) is 3. The van der Waals surface area contributed by atoms with Gasteiger partial charge in [-0.25, -0.2) is 0 Å². The van der Waals surface area contributed by atoms with Gasteiger partial charge in [0.25, 0.3) is 0 Å². The molecule has 1 aliphatic rings. The highest BCUT2D eigenvalue weighted by atomic mass is 19.4. The lowest BCUT2D eigenvalue weighted by Crippen LogP contribution is -2.48. The lowest BCUT2D eigenvalue weighted by Gasteiger charge is -2.29. The largest absolute Gasteiger partial charge is 0.416 e. The molecule has 28 heavy (non-hydrogen) atoms. The van der Waals surface area contributed by atoms with E-state index in [9.17, 15) is 18.0 Å². The number of pyridine rings is 1. The third-order valence-electron chi connectivity index (χ3n) is 4.72. The van der Waals surface area contributed by atoms with Crippen molar-refractivity contribution in [3.8, 4) is 0 Å². The maximum Gasteiger partial charge on any atom is 0.416 e. The number of amides is 1. The fraction of sp³-hybridized carbons (Fsp3) is 0.250. The number of hydrogen-bond donors (Lipinski definition) is 2. The standard InChI is InChI=1S/C20H19F3N4O/c21-20(22,23)16-4-2-1-3-14(16)11-18(28)27-10-7-17(24)15(12-27)19(25)13-5-8-26-9-6-13/h1-6,8-9,25H,7,10-12,24H2/p+1. The van der Waals surface area contributed by atoms with E-state index in [4.69, 9.17) is 11.1 Å². The fourth-order valence-corrected chi connectivity index (χ4v) is 3.18. The van der Waals surface area contributed by atoms with E-state index >= 15 is 0 Å². The monoisotopic (exact) mass is 389 g/mol. The number of alkyl halides is 3. The topological polar surface area (TPSA) is 84.8 Å². The van der Waals surface area contributed by atoms with Gasteiger partial charge in [-0.3, -0.25) is 15.2 Å². The number of benzene rings is 1. The molecule has 0 saturated carbocycles. The molecule has 0 unspecified atom stereocenters. The van der Waals surface area contributed by atoms with Crippen molar-refractivity contribution >= 4 is 11.6 Å². The van der Waals surface area contributed by atoms with Gasteiger partial charge >= 0.3 is 6.18 Å². The van der Waals surface area contributed by atoms with E-state index in [2.05, 4.69) is 4.98 Å². The second-order valence-electron chi connectivity index (χ2n) is 6.55. The molecule has 1 aromatic heterocycles. The molecule has 1 aromatic carbocycles. The molecule has 2 heterocycles. The van der Waals surface area contributed by atoms with Crippen LogP contribution >= 0.6 is 0 Å². The molecule has 1 aliphatic heterocycles. The molecule has 8 heteroatoms. The maximum absolute atomic E-state index is 13.2. The zero-order valence-electron chi connectivity index (χ0n) is 15.0. The van der Waals surface area contributed by atoms with Crippen LogP contribution in [0.5, 0.6) is 0 Å². The van der Waals surface area contributed by atoms with Crippen LogP contribution in [0.1, 0.15) is 23.1 Å². The van der Waals surface area contributed by atoms with Crippen LogP contribution in [0.25, 0.3) is 0 Å². The zero-order chi connectivity index (χ0) is 20.3. The SMILES string of the molecule is NC1=C(C(=[NH2+])c2ccncc2)CN(C(=O)Cc2ccccc2C(F)(F)F)CC1. The molecule has 1 amide bonds. The van der Waals surface area contributed by atoms with Gasteiger partial charge in [-0.15, -0.1) is 0 Å². The van der Waals surface area contributed by atoms with E-state index in [-0.39, 0.29) is 18.5 Å². The van der Waals surface area contributed by atoms with E-state index in [1.54, 1.807) is 24.5 Å². The van der Waals surface area contributed by atoms with Crippen LogP contribution in [0.15, 0.2) is 60.1 Å². The Labute approximate surface area is 160 Å². The van der Waals surface area contributed by atoms with Crippen molar-refractivity contribution in [3.05, 3.63) is 76.8 Å². The molecule has 5 nitrogen and oxygen atoms in total. The molecular formula is C20H20F3N4O+. The molecule has 0 bridgehead atoms. The highest BCUT2D eigenvalue weighted by Crippen LogP contribution is 2.32. The Morgan fingerprint density at radius 2 is 1.86 bits per heavy atom. The first-order valence-corrected chi connectivity index (χ1v) is 8.71. The first kappa shape index (κ1) is 19.6. The van der Waals surface area contributed by atoms with Gasteiger partial charge in [-0.05, 0) is 23.8 Å². The van der Waals surface area contributed by atoms with Gasteiger partial charge in [0.05, 0.1) is 24.1 Å². The van der Waals surface area contributed by atoms with Gasteiger partial charge < -0.3 is 10.6 Å². The quantitative estimate of drug-likeness (QED) is 0.774. The Hall–Kier alpha value is -3.16. The van der Waals surface area contributed by atoms with Crippen molar-refractivity contribution in [2.75, 3.05) is 13.1 Å². The molecule has 0 saturated heterocycles. The Morgan fingerprint density at radius 1 is 1.18 bits per heavy atom. The molecule has 0 fully saturated rings. The van der Waals surface area contributed by atoms with Gasteiger partial charge in [0.15, 0.2) is 0 Å². The number of nitrogens with zero attached hydrogens (tertiary/aromatic N) is 2. The molecule has 4 N–H and O–H groups in total. The highest BCUT2D eigenvalue weighted by molar-refractivity contribution is 6.09. The lowest BCUT2D eigenvalue weighted by molar-refractivity contribution is -0.138. The molecule has 146 valence electrons. The predicted octanol–water partition coefficient (Wildman–Crippen LogP) is 1.34. The summed E-state index contributed by atoms with van der Waals surface area (Å²) in [6.45, 7) is 0.499.